The van der Waals surface area contributed by atoms with Crippen LogP contribution in [0.15, 0.2) is 0 Å². The van der Waals surface area contributed by atoms with Crippen molar-refractivity contribution in [3.63, 3.8) is 0 Å². The van der Waals surface area contributed by atoms with Crippen LogP contribution in [0.4, 0.5) is 4.79 Å². The molecule has 0 saturated carbocycles. The zero-order valence-electron chi connectivity index (χ0n) is 12.5. The number of ether oxygens (including phenoxy) is 1. The molecular formula is C13H26N2O4. The minimum absolute atomic E-state index is 0.0182. The van der Waals surface area contributed by atoms with Gasteiger partial charge in [0.15, 0.2) is 0 Å². The quantitative estimate of drug-likeness (QED) is 0.706. The monoisotopic (exact) mass is 274 g/mol. The van der Waals surface area contributed by atoms with Crippen molar-refractivity contribution in [1.29, 1.82) is 0 Å². The normalized spacial score (nSPS) is 11.5. The first kappa shape index (κ1) is 17.7. The lowest BCUT2D eigenvalue weighted by Crippen LogP contribution is -2.58. The maximum Gasteiger partial charge on any atom is 0.329 e. The Labute approximate surface area is 115 Å². The number of carbonyl (C=O) groups is 2. The highest BCUT2D eigenvalue weighted by atomic mass is 16.5. The van der Waals surface area contributed by atoms with Gasteiger partial charge in [0.25, 0.3) is 0 Å². The summed E-state index contributed by atoms with van der Waals surface area (Å²) in [6.07, 6.45) is 0.696. The molecule has 0 rings (SSSR count). The Hall–Kier alpha value is -1.30. The van der Waals surface area contributed by atoms with Gasteiger partial charge in [0, 0.05) is 19.7 Å². The van der Waals surface area contributed by atoms with Crippen LogP contribution in [0.5, 0.6) is 0 Å². The molecule has 2 amide bonds. The van der Waals surface area contributed by atoms with Crippen molar-refractivity contribution in [2.45, 2.75) is 52.1 Å². The fraction of sp³-hybridized carbons (Fsp3) is 0.846. The average molecular weight is 274 g/mol. The molecule has 0 aromatic heterocycles. The van der Waals surface area contributed by atoms with Gasteiger partial charge in [-0.1, -0.05) is 13.8 Å². The van der Waals surface area contributed by atoms with E-state index in [2.05, 4.69) is 5.32 Å². The fourth-order valence-corrected chi connectivity index (χ4v) is 1.84. The van der Waals surface area contributed by atoms with Crippen LogP contribution in [-0.2, 0) is 9.53 Å². The van der Waals surface area contributed by atoms with Crippen molar-refractivity contribution in [3.8, 4) is 0 Å². The van der Waals surface area contributed by atoms with E-state index in [0.717, 1.165) is 0 Å². The Kier molecular flexibility index (Phi) is 7.44. The number of carboxylic acids is 1. The van der Waals surface area contributed by atoms with Crippen molar-refractivity contribution in [2.24, 2.45) is 0 Å². The summed E-state index contributed by atoms with van der Waals surface area (Å²) in [5, 5.41) is 12.0. The van der Waals surface area contributed by atoms with Gasteiger partial charge in [-0.2, -0.15) is 0 Å². The zero-order chi connectivity index (χ0) is 15.1. The first-order chi connectivity index (χ1) is 8.84. The van der Waals surface area contributed by atoms with Crippen molar-refractivity contribution in [1.82, 2.24) is 10.2 Å². The summed E-state index contributed by atoms with van der Waals surface area (Å²) in [7, 11) is 1.57. The van der Waals surface area contributed by atoms with Gasteiger partial charge in [-0.3, -0.25) is 0 Å². The van der Waals surface area contributed by atoms with E-state index in [1.54, 1.807) is 25.9 Å². The fourth-order valence-electron chi connectivity index (χ4n) is 1.84. The Morgan fingerprint density at radius 1 is 1.32 bits per heavy atom. The van der Waals surface area contributed by atoms with Crippen molar-refractivity contribution in [2.75, 3.05) is 20.3 Å². The zero-order valence-corrected chi connectivity index (χ0v) is 12.5. The first-order valence-electron chi connectivity index (χ1n) is 6.65. The van der Waals surface area contributed by atoms with E-state index in [0.29, 0.717) is 26.0 Å². The number of aliphatic carboxylic acids is 1. The number of amides is 2. The summed E-state index contributed by atoms with van der Waals surface area (Å²) in [5.74, 6) is -0.999. The molecule has 0 saturated heterocycles. The number of methoxy groups -OCH3 is 1. The van der Waals surface area contributed by atoms with Gasteiger partial charge in [0.05, 0.1) is 6.61 Å². The Morgan fingerprint density at radius 3 is 2.16 bits per heavy atom. The van der Waals surface area contributed by atoms with Crippen LogP contribution in [0.25, 0.3) is 0 Å². The third-order valence-corrected chi connectivity index (χ3v) is 3.38. The van der Waals surface area contributed by atoms with E-state index in [9.17, 15) is 14.7 Å². The van der Waals surface area contributed by atoms with Gasteiger partial charge >= 0.3 is 12.0 Å². The minimum Gasteiger partial charge on any atom is -0.480 e. The van der Waals surface area contributed by atoms with Crippen molar-refractivity contribution < 1.29 is 19.4 Å². The Bertz CT molecular complexity index is 301. The number of nitrogens with one attached hydrogen (secondary N) is 1. The second-order valence-electron chi connectivity index (χ2n) is 4.80. The number of carbonyl (C=O) groups excluding carboxylic acids is 1. The standard InChI is InChI=1S/C13H26N2O4/c1-6-13(7-2,11(16)17)14-12(18)15(10(3)4)8-9-19-5/h10H,6-9H2,1-5H3,(H,14,18)(H,16,17). The number of urea groups is 1. The van der Waals surface area contributed by atoms with Crippen LogP contribution in [0.2, 0.25) is 0 Å². The lowest BCUT2D eigenvalue weighted by atomic mass is 9.93. The Balaban J connectivity index is 4.90. The van der Waals surface area contributed by atoms with E-state index < -0.39 is 11.5 Å². The molecule has 0 fully saturated rings. The summed E-state index contributed by atoms with van der Waals surface area (Å²) < 4.78 is 4.96. The van der Waals surface area contributed by atoms with E-state index in [1.807, 2.05) is 13.8 Å². The summed E-state index contributed by atoms with van der Waals surface area (Å²) in [4.78, 5) is 25.2. The highest BCUT2D eigenvalue weighted by Gasteiger charge is 2.37. The summed E-state index contributed by atoms with van der Waals surface area (Å²) in [5.41, 5.74) is -1.20. The van der Waals surface area contributed by atoms with Crippen LogP contribution in [0.3, 0.4) is 0 Å². The topological polar surface area (TPSA) is 78.9 Å². The van der Waals surface area contributed by atoms with Gasteiger partial charge in [-0.25, -0.2) is 9.59 Å². The number of hydrogen-bond donors (Lipinski definition) is 2. The minimum atomic E-state index is -1.20. The summed E-state index contributed by atoms with van der Waals surface area (Å²) in [6, 6.07) is -0.381. The molecule has 2 N–H and O–H groups in total. The molecule has 19 heavy (non-hydrogen) atoms. The highest BCUT2D eigenvalue weighted by Crippen LogP contribution is 2.16. The molecule has 0 atom stereocenters. The van der Waals surface area contributed by atoms with Crippen LogP contribution >= 0.6 is 0 Å². The molecule has 0 aromatic carbocycles. The van der Waals surface area contributed by atoms with Gasteiger partial charge in [-0.15, -0.1) is 0 Å². The van der Waals surface area contributed by atoms with Crippen LogP contribution in [0.1, 0.15) is 40.5 Å². The second kappa shape index (κ2) is 7.99. The molecule has 0 bridgehead atoms. The number of hydrogen-bond acceptors (Lipinski definition) is 3. The van der Waals surface area contributed by atoms with Crippen LogP contribution in [0, 0.1) is 0 Å². The molecule has 0 aliphatic carbocycles. The summed E-state index contributed by atoms with van der Waals surface area (Å²) >= 11 is 0. The van der Waals surface area contributed by atoms with E-state index in [-0.39, 0.29) is 12.1 Å². The van der Waals surface area contributed by atoms with Crippen molar-refractivity contribution >= 4 is 12.0 Å². The first-order valence-corrected chi connectivity index (χ1v) is 6.65. The van der Waals surface area contributed by atoms with Crippen LogP contribution < -0.4 is 5.32 Å². The van der Waals surface area contributed by atoms with E-state index in [1.165, 1.54) is 0 Å². The molecule has 0 unspecified atom stereocenters. The molecular weight excluding hydrogens is 248 g/mol. The van der Waals surface area contributed by atoms with Crippen LogP contribution in [-0.4, -0.2) is 53.8 Å². The largest absolute Gasteiger partial charge is 0.480 e. The third-order valence-electron chi connectivity index (χ3n) is 3.38. The summed E-state index contributed by atoms with van der Waals surface area (Å²) in [6.45, 7) is 8.14. The lowest BCUT2D eigenvalue weighted by Gasteiger charge is -2.33. The van der Waals surface area contributed by atoms with E-state index in [4.69, 9.17) is 4.74 Å². The van der Waals surface area contributed by atoms with Crippen molar-refractivity contribution in [3.05, 3.63) is 0 Å². The lowest BCUT2D eigenvalue weighted by molar-refractivity contribution is -0.144. The average Bonchev–Trinajstić information content (AvgIpc) is 2.35. The smallest absolute Gasteiger partial charge is 0.329 e. The number of rotatable bonds is 8. The molecule has 0 aliphatic heterocycles. The second-order valence-corrected chi connectivity index (χ2v) is 4.80. The maximum absolute atomic E-state index is 12.2. The Morgan fingerprint density at radius 2 is 1.84 bits per heavy atom. The molecule has 6 nitrogen and oxygen atoms in total. The molecule has 112 valence electrons. The third kappa shape index (κ3) is 4.70. The van der Waals surface area contributed by atoms with Gasteiger partial charge in [0.1, 0.15) is 5.54 Å². The molecule has 0 radical (unpaired) electrons. The van der Waals surface area contributed by atoms with Gasteiger partial charge in [0.2, 0.25) is 0 Å². The highest BCUT2D eigenvalue weighted by molar-refractivity contribution is 5.86. The molecule has 6 heteroatoms. The maximum atomic E-state index is 12.2. The predicted molar refractivity (Wildman–Crippen MR) is 73.2 cm³/mol. The number of nitrogens with zero attached hydrogens (tertiary/aromatic N) is 1. The van der Waals surface area contributed by atoms with E-state index >= 15 is 0 Å². The molecule has 0 heterocycles. The predicted octanol–water partition coefficient (Wildman–Crippen LogP) is 1.70. The van der Waals surface area contributed by atoms with Gasteiger partial charge < -0.3 is 20.1 Å². The molecule has 0 spiro atoms. The SMILES string of the molecule is CCC(CC)(NC(=O)N(CCOC)C(C)C)C(=O)O. The molecule has 0 aliphatic rings. The molecule has 0 aromatic rings. The van der Waals surface area contributed by atoms with Gasteiger partial charge in [-0.05, 0) is 26.7 Å². The number of carboxylic acid groups (broad SMARTS) is 1.